The number of hydrogen-bond donors (Lipinski definition) is 3. The first-order chi connectivity index (χ1) is 12.6. The van der Waals surface area contributed by atoms with Crippen molar-refractivity contribution in [2.75, 3.05) is 4.31 Å². The minimum atomic E-state index is -4.63. The number of phenols is 1. The van der Waals surface area contributed by atoms with Gasteiger partial charge in [-0.25, -0.2) is 4.31 Å². The van der Waals surface area contributed by atoms with Crippen LogP contribution in [0.25, 0.3) is 10.8 Å². The molecule has 0 saturated carbocycles. The highest BCUT2D eigenvalue weighted by molar-refractivity contribution is 7.91. The van der Waals surface area contributed by atoms with Crippen LogP contribution in [-0.4, -0.2) is 30.9 Å². The van der Waals surface area contributed by atoms with Gasteiger partial charge in [-0.3, -0.25) is 4.72 Å². The first-order valence-electron chi connectivity index (χ1n) is 8.07. The highest BCUT2D eigenvalue weighted by atomic mass is 32.2. The number of nitrogens with zero attached hydrogens (tertiary/aromatic N) is 1. The number of hydrogen-bond acceptors (Lipinski definition) is 4. The van der Waals surface area contributed by atoms with Gasteiger partial charge in [-0.1, -0.05) is 18.2 Å². The summed E-state index contributed by atoms with van der Waals surface area (Å²) in [5.74, 6) is -0.222. The van der Waals surface area contributed by atoms with Crippen LogP contribution < -0.4 is 9.03 Å². The summed E-state index contributed by atoms with van der Waals surface area (Å²) in [6, 6.07) is 8.05. The van der Waals surface area contributed by atoms with Crippen molar-refractivity contribution in [2.24, 2.45) is 0 Å². The average Bonchev–Trinajstić information content (AvgIpc) is 2.92. The number of benzene rings is 2. The summed E-state index contributed by atoms with van der Waals surface area (Å²) in [6.07, 6.45) is -4.42. The molecule has 1 aliphatic heterocycles. The molecular weight excluding hydrogens is 385 g/mol. The third-order valence-corrected chi connectivity index (χ3v) is 5.51. The molecule has 3 N–H and O–H groups in total. The standard InChI is InChI=1S/C17H17F3N2O4S/c18-17(19,20)16(24)3-1-2-11-4-5-12-10-15(23)14(9-13(12)8-11)22-7-6-21-27(22,25)26/h4-10,16,21,23-24H,1-3H2. The van der Waals surface area contributed by atoms with E-state index in [1.165, 1.54) is 24.5 Å². The molecule has 6 nitrogen and oxygen atoms in total. The van der Waals surface area contributed by atoms with Crippen LogP contribution in [0.15, 0.2) is 42.7 Å². The zero-order valence-corrected chi connectivity index (χ0v) is 14.8. The number of halogens is 3. The molecule has 1 aliphatic rings. The van der Waals surface area contributed by atoms with Crippen LogP contribution >= 0.6 is 0 Å². The maximum absolute atomic E-state index is 12.3. The van der Waals surface area contributed by atoms with Crippen molar-refractivity contribution in [1.82, 2.24) is 4.72 Å². The molecular formula is C17H17F3N2O4S. The number of aromatic hydroxyl groups is 1. The predicted molar refractivity (Wildman–Crippen MR) is 94.3 cm³/mol. The van der Waals surface area contributed by atoms with Gasteiger partial charge in [-0.2, -0.15) is 21.6 Å². The lowest BCUT2D eigenvalue weighted by atomic mass is 10.0. The van der Waals surface area contributed by atoms with E-state index in [1.807, 2.05) is 0 Å². The summed E-state index contributed by atoms with van der Waals surface area (Å²) in [7, 11) is -3.80. The van der Waals surface area contributed by atoms with Crippen LogP contribution in [0.5, 0.6) is 5.75 Å². The van der Waals surface area contributed by atoms with E-state index in [0.29, 0.717) is 17.2 Å². The van der Waals surface area contributed by atoms with Gasteiger partial charge in [0.1, 0.15) is 17.5 Å². The summed E-state index contributed by atoms with van der Waals surface area (Å²) in [5, 5.41) is 20.5. The Morgan fingerprint density at radius 2 is 1.89 bits per heavy atom. The number of fused-ring (bicyclic) bond motifs is 1. The lowest BCUT2D eigenvalue weighted by Gasteiger charge is -2.17. The van der Waals surface area contributed by atoms with E-state index in [1.54, 1.807) is 18.2 Å². The molecule has 2 aromatic rings. The van der Waals surface area contributed by atoms with Crippen molar-refractivity contribution in [3.8, 4) is 5.75 Å². The molecule has 0 aliphatic carbocycles. The molecule has 1 heterocycles. The van der Waals surface area contributed by atoms with Gasteiger partial charge >= 0.3 is 16.4 Å². The Morgan fingerprint density at radius 1 is 1.15 bits per heavy atom. The molecule has 0 bridgehead atoms. The number of rotatable bonds is 5. The Bertz CT molecular complexity index is 990. The number of phenolic OH excluding ortho intramolecular Hbond substituents is 1. The lowest BCUT2D eigenvalue weighted by Crippen LogP contribution is -2.28. The number of alkyl halides is 3. The van der Waals surface area contributed by atoms with E-state index >= 15 is 0 Å². The first kappa shape index (κ1) is 19.3. The summed E-state index contributed by atoms with van der Waals surface area (Å²) in [4.78, 5) is 0. The van der Waals surface area contributed by atoms with Gasteiger partial charge in [0.05, 0.1) is 0 Å². The van der Waals surface area contributed by atoms with Gasteiger partial charge in [0, 0.05) is 12.4 Å². The first-order valence-corrected chi connectivity index (χ1v) is 9.51. The van der Waals surface area contributed by atoms with E-state index < -0.39 is 28.9 Å². The van der Waals surface area contributed by atoms with Gasteiger partial charge in [0.15, 0.2) is 0 Å². The summed E-state index contributed by atoms with van der Waals surface area (Å²) in [5.41, 5.74) is 0.805. The molecule has 10 heteroatoms. The molecule has 0 radical (unpaired) electrons. The smallest absolute Gasteiger partial charge is 0.414 e. The van der Waals surface area contributed by atoms with Gasteiger partial charge in [0.2, 0.25) is 0 Å². The van der Waals surface area contributed by atoms with Gasteiger partial charge in [0.25, 0.3) is 0 Å². The van der Waals surface area contributed by atoms with Crippen LogP contribution in [0.4, 0.5) is 18.9 Å². The van der Waals surface area contributed by atoms with Crippen molar-refractivity contribution < 1.29 is 31.8 Å². The fourth-order valence-corrected chi connectivity index (χ4v) is 3.82. The third kappa shape index (κ3) is 4.11. The Morgan fingerprint density at radius 3 is 2.52 bits per heavy atom. The molecule has 2 aromatic carbocycles. The van der Waals surface area contributed by atoms with Crippen LogP contribution in [0.1, 0.15) is 18.4 Å². The maximum atomic E-state index is 12.3. The van der Waals surface area contributed by atoms with E-state index in [0.717, 1.165) is 9.87 Å². The number of anilines is 1. The minimum absolute atomic E-state index is 0.0633. The third-order valence-electron chi connectivity index (χ3n) is 4.24. The monoisotopic (exact) mass is 402 g/mol. The van der Waals surface area contributed by atoms with E-state index in [2.05, 4.69) is 4.72 Å². The SMILES string of the molecule is O=S1(=O)NC=CN1c1cc2cc(CCCC(O)C(F)(F)F)ccc2cc1O. The molecule has 3 rings (SSSR count). The highest BCUT2D eigenvalue weighted by Crippen LogP contribution is 2.35. The molecule has 1 unspecified atom stereocenters. The lowest BCUT2D eigenvalue weighted by molar-refractivity contribution is -0.205. The minimum Gasteiger partial charge on any atom is -0.506 e. The van der Waals surface area contributed by atoms with E-state index in [-0.39, 0.29) is 17.9 Å². The number of aliphatic hydroxyl groups is 1. The average molecular weight is 402 g/mol. The Kier molecular flexibility index (Phi) is 4.96. The van der Waals surface area contributed by atoms with Gasteiger partial charge in [-0.05, 0) is 47.7 Å². The van der Waals surface area contributed by atoms with Crippen LogP contribution in [0.2, 0.25) is 0 Å². The molecule has 1 atom stereocenters. The fourth-order valence-electron chi connectivity index (χ4n) is 2.85. The Balaban J connectivity index is 1.82. The molecule has 0 saturated heterocycles. The largest absolute Gasteiger partial charge is 0.506 e. The summed E-state index contributed by atoms with van der Waals surface area (Å²) < 4.78 is 63.9. The van der Waals surface area contributed by atoms with Crippen LogP contribution in [0.3, 0.4) is 0 Å². The molecule has 27 heavy (non-hydrogen) atoms. The molecule has 0 aromatic heterocycles. The number of aliphatic hydroxyl groups excluding tert-OH is 1. The number of nitrogens with one attached hydrogen (secondary N) is 1. The second-order valence-corrected chi connectivity index (χ2v) is 7.79. The van der Waals surface area contributed by atoms with Crippen molar-refractivity contribution in [3.63, 3.8) is 0 Å². The van der Waals surface area contributed by atoms with Gasteiger partial charge in [-0.15, -0.1) is 0 Å². The second-order valence-electron chi connectivity index (χ2n) is 6.21. The van der Waals surface area contributed by atoms with E-state index in [9.17, 15) is 26.7 Å². The highest BCUT2D eigenvalue weighted by Gasteiger charge is 2.37. The molecule has 0 spiro atoms. The van der Waals surface area contributed by atoms with Crippen molar-refractivity contribution in [2.45, 2.75) is 31.5 Å². The van der Waals surface area contributed by atoms with Gasteiger partial charge < -0.3 is 10.2 Å². The summed E-state index contributed by atoms with van der Waals surface area (Å²) in [6.45, 7) is 0. The zero-order chi connectivity index (χ0) is 19.8. The molecule has 146 valence electrons. The quantitative estimate of drug-likeness (QED) is 0.717. The van der Waals surface area contributed by atoms with Crippen LogP contribution in [-0.2, 0) is 16.6 Å². The molecule has 0 amide bonds. The fraction of sp³-hybridized carbons (Fsp3) is 0.294. The van der Waals surface area contributed by atoms with Crippen LogP contribution in [0, 0.1) is 0 Å². The normalized spacial score (nSPS) is 17.3. The Labute approximate surface area is 153 Å². The summed E-state index contributed by atoms with van der Waals surface area (Å²) >= 11 is 0. The zero-order valence-electron chi connectivity index (χ0n) is 13.9. The number of aryl methyl sites for hydroxylation is 1. The Hall–Kier alpha value is -2.46. The molecule has 0 fully saturated rings. The second kappa shape index (κ2) is 6.93. The predicted octanol–water partition coefficient (Wildman–Crippen LogP) is 2.92. The van der Waals surface area contributed by atoms with Crippen molar-refractivity contribution in [1.29, 1.82) is 0 Å². The van der Waals surface area contributed by atoms with E-state index in [4.69, 9.17) is 5.11 Å². The van der Waals surface area contributed by atoms with Crippen molar-refractivity contribution >= 4 is 26.7 Å². The topological polar surface area (TPSA) is 89.9 Å². The van der Waals surface area contributed by atoms with Crippen molar-refractivity contribution in [3.05, 3.63) is 48.3 Å². The maximum Gasteiger partial charge on any atom is 0.414 e.